The highest BCUT2D eigenvalue weighted by molar-refractivity contribution is 5.24. The van der Waals surface area contributed by atoms with Crippen LogP contribution in [0.1, 0.15) is 63.2 Å². The molecule has 0 aromatic heterocycles. The zero-order chi connectivity index (χ0) is 14.4. The van der Waals surface area contributed by atoms with Crippen molar-refractivity contribution in [2.45, 2.75) is 64.6 Å². The first kappa shape index (κ1) is 15.5. The molecular formula is C18H28O2. The van der Waals surface area contributed by atoms with Gasteiger partial charge >= 0.3 is 0 Å². The summed E-state index contributed by atoms with van der Waals surface area (Å²) in [5.74, 6) is 0.679. The lowest BCUT2D eigenvalue weighted by atomic mass is 9.85. The molecule has 0 spiro atoms. The van der Waals surface area contributed by atoms with Crippen LogP contribution in [0.4, 0.5) is 0 Å². The Kier molecular flexibility index (Phi) is 6.06. The van der Waals surface area contributed by atoms with E-state index < -0.39 is 6.10 Å². The van der Waals surface area contributed by atoms with Gasteiger partial charge in [0.2, 0.25) is 0 Å². The van der Waals surface area contributed by atoms with E-state index in [1.807, 2.05) is 12.1 Å². The monoisotopic (exact) mass is 276 g/mol. The fourth-order valence-corrected chi connectivity index (χ4v) is 3.15. The second kappa shape index (κ2) is 7.80. The highest BCUT2D eigenvalue weighted by Gasteiger charge is 2.25. The molecule has 2 nitrogen and oxygen atoms in total. The molecule has 3 atom stereocenters. The fraction of sp³-hybridized carbons (Fsp3) is 0.667. The molecule has 0 amide bonds. The van der Waals surface area contributed by atoms with Crippen LogP contribution in [0.5, 0.6) is 0 Å². The summed E-state index contributed by atoms with van der Waals surface area (Å²) in [7, 11) is 0. The van der Waals surface area contributed by atoms with Gasteiger partial charge in [-0.05, 0) is 36.3 Å². The van der Waals surface area contributed by atoms with Crippen LogP contribution in [0.15, 0.2) is 24.3 Å². The van der Waals surface area contributed by atoms with Crippen molar-refractivity contribution in [3.63, 3.8) is 0 Å². The molecule has 3 unspecified atom stereocenters. The van der Waals surface area contributed by atoms with E-state index in [-0.39, 0.29) is 0 Å². The summed E-state index contributed by atoms with van der Waals surface area (Å²) in [6.45, 7) is 4.81. The van der Waals surface area contributed by atoms with Gasteiger partial charge in [-0.25, -0.2) is 0 Å². The summed E-state index contributed by atoms with van der Waals surface area (Å²) in [6, 6.07) is 8.22. The lowest BCUT2D eigenvalue weighted by molar-refractivity contribution is -0.0514. The largest absolute Gasteiger partial charge is 0.386 e. The molecule has 0 radical (unpaired) electrons. The van der Waals surface area contributed by atoms with Crippen molar-refractivity contribution in [2.24, 2.45) is 5.92 Å². The lowest BCUT2D eigenvalue weighted by Gasteiger charge is -2.31. The molecule has 1 saturated carbocycles. The predicted molar refractivity (Wildman–Crippen MR) is 82.8 cm³/mol. The van der Waals surface area contributed by atoms with Crippen molar-refractivity contribution in [3.8, 4) is 0 Å². The Labute approximate surface area is 123 Å². The molecule has 112 valence electrons. The van der Waals surface area contributed by atoms with Crippen molar-refractivity contribution < 1.29 is 9.84 Å². The average molecular weight is 276 g/mol. The van der Waals surface area contributed by atoms with Crippen molar-refractivity contribution in [1.29, 1.82) is 0 Å². The Morgan fingerprint density at radius 3 is 2.50 bits per heavy atom. The minimum atomic E-state index is -0.500. The third-order valence-corrected chi connectivity index (χ3v) is 4.60. The summed E-state index contributed by atoms with van der Waals surface area (Å²) in [5.41, 5.74) is 2.27. The molecule has 1 aromatic carbocycles. The standard InChI is InChI=1S/C18H28O2/c1-3-14-9-11-16(12-10-14)17(19)13-20-18-8-6-5-7-15(18)4-2/h9-12,15,17-19H,3-8,13H2,1-2H3. The van der Waals surface area contributed by atoms with Crippen LogP contribution < -0.4 is 0 Å². The van der Waals surface area contributed by atoms with Gasteiger partial charge in [0.25, 0.3) is 0 Å². The minimum absolute atomic E-state index is 0.346. The Balaban J connectivity index is 1.85. The Morgan fingerprint density at radius 2 is 1.85 bits per heavy atom. The molecule has 1 aromatic rings. The van der Waals surface area contributed by atoms with Crippen LogP contribution in [0.25, 0.3) is 0 Å². The van der Waals surface area contributed by atoms with Gasteiger partial charge in [-0.3, -0.25) is 0 Å². The molecule has 1 aliphatic carbocycles. The first-order valence-electron chi connectivity index (χ1n) is 8.13. The topological polar surface area (TPSA) is 29.5 Å². The average Bonchev–Trinajstić information content (AvgIpc) is 2.53. The van der Waals surface area contributed by atoms with Gasteiger partial charge < -0.3 is 9.84 Å². The van der Waals surface area contributed by atoms with E-state index in [0.29, 0.717) is 18.6 Å². The Hall–Kier alpha value is -0.860. The van der Waals surface area contributed by atoms with Crippen molar-refractivity contribution in [2.75, 3.05) is 6.61 Å². The molecule has 0 aliphatic heterocycles. The maximum Gasteiger partial charge on any atom is 0.102 e. The second-order valence-electron chi connectivity index (χ2n) is 5.94. The number of rotatable bonds is 6. The molecule has 0 bridgehead atoms. The third-order valence-electron chi connectivity index (χ3n) is 4.60. The predicted octanol–water partition coefficient (Wildman–Crippen LogP) is 4.27. The number of hydrogen-bond acceptors (Lipinski definition) is 2. The van der Waals surface area contributed by atoms with Gasteiger partial charge in [0.15, 0.2) is 0 Å². The third kappa shape index (κ3) is 4.07. The van der Waals surface area contributed by atoms with E-state index in [0.717, 1.165) is 18.4 Å². The number of aliphatic hydroxyl groups excluding tert-OH is 1. The molecule has 20 heavy (non-hydrogen) atoms. The van der Waals surface area contributed by atoms with Crippen LogP contribution >= 0.6 is 0 Å². The Bertz CT molecular complexity index is 385. The van der Waals surface area contributed by atoms with Gasteiger partial charge in [-0.2, -0.15) is 0 Å². The molecule has 1 N–H and O–H groups in total. The van der Waals surface area contributed by atoms with E-state index in [2.05, 4.69) is 26.0 Å². The number of hydrogen-bond donors (Lipinski definition) is 1. The molecule has 0 heterocycles. The molecule has 1 fully saturated rings. The van der Waals surface area contributed by atoms with Crippen molar-refractivity contribution >= 4 is 0 Å². The lowest BCUT2D eigenvalue weighted by Crippen LogP contribution is -2.28. The molecule has 1 aliphatic rings. The summed E-state index contributed by atoms with van der Waals surface area (Å²) >= 11 is 0. The van der Waals surface area contributed by atoms with Crippen molar-refractivity contribution in [1.82, 2.24) is 0 Å². The van der Waals surface area contributed by atoms with E-state index >= 15 is 0 Å². The highest BCUT2D eigenvalue weighted by Crippen LogP contribution is 2.30. The van der Waals surface area contributed by atoms with Gasteiger partial charge in [0, 0.05) is 0 Å². The summed E-state index contributed by atoms with van der Waals surface area (Å²) in [4.78, 5) is 0. The van der Waals surface area contributed by atoms with Gasteiger partial charge in [0.1, 0.15) is 6.10 Å². The summed E-state index contributed by atoms with van der Waals surface area (Å²) in [5, 5.41) is 10.2. The molecule has 0 saturated heterocycles. The van der Waals surface area contributed by atoms with Crippen LogP contribution in [0.2, 0.25) is 0 Å². The quantitative estimate of drug-likeness (QED) is 0.841. The first-order valence-corrected chi connectivity index (χ1v) is 8.13. The number of ether oxygens (including phenoxy) is 1. The van der Waals surface area contributed by atoms with Crippen molar-refractivity contribution in [3.05, 3.63) is 35.4 Å². The SMILES string of the molecule is CCc1ccc(C(O)COC2CCCCC2CC)cc1. The maximum absolute atomic E-state index is 10.2. The number of aliphatic hydroxyl groups is 1. The molecule has 2 heteroatoms. The number of aryl methyl sites for hydroxylation is 1. The van der Waals surface area contributed by atoms with Gasteiger partial charge in [-0.1, -0.05) is 57.4 Å². The zero-order valence-electron chi connectivity index (χ0n) is 12.8. The number of benzene rings is 1. The van der Waals surface area contributed by atoms with Crippen LogP contribution in [-0.2, 0) is 11.2 Å². The second-order valence-corrected chi connectivity index (χ2v) is 5.94. The van der Waals surface area contributed by atoms with Gasteiger partial charge in [0.05, 0.1) is 12.7 Å². The van der Waals surface area contributed by atoms with Crippen LogP contribution in [0.3, 0.4) is 0 Å². The maximum atomic E-state index is 10.2. The summed E-state index contributed by atoms with van der Waals surface area (Å²) < 4.78 is 6.01. The normalized spacial score (nSPS) is 24.6. The Morgan fingerprint density at radius 1 is 1.15 bits per heavy atom. The van der Waals surface area contributed by atoms with E-state index in [4.69, 9.17) is 4.74 Å². The van der Waals surface area contributed by atoms with E-state index in [1.54, 1.807) is 0 Å². The molecular weight excluding hydrogens is 248 g/mol. The highest BCUT2D eigenvalue weighted by atomic mass is 16.5. The fourth-order valence-electron chi connectivity index (χ4n) is 3.15. The summed E-state index contributed by atoms with van der Waals surface area (Å²) in [6.07, 6.45) is 7.10. The van der Waals surface area contributed by atoms with Crippen LogP contribution in [-0.4, -0.2) is 17.8 Å². The van der Waals surface area contributed by atoms with E-state index in [9.17, 15) is 5.11 Å². The smallest absolute Gasteiger partial charge is 0.102 e. The molecule has 2 rings (SSSR count). The first-order chi connectivity index (χ1) is 9.74. The zero-order valence-corrected chi connectivity index (χ0v) is 12.8. The van der Waals surface area contributed by atoms with Gasteiger partial charge in [-0.15, -0.1) is 0 Å². The minimum Gasteiger partial charge on any atom is -0.386 e. The van der Waals surface area contributed by atoms with E-state index in [1.165, 1.54) is 31.2 Å². The van der Waals surface area contributed by atoms with Crippen LogP contribution in [0, 0.1) is 5.92 Å².